The zero-order valence-corrected chi connectivity index (χ0v) is 17.6. The summed E-state index contributed by atoms with van der Waals surface area (Å²) in [6.07, 6.45) is -38.7. The van der Waals surface area contributed by atoms with Crippen LogP contribution in [0.3, 0.4) is 0 Å². The molecule has 0 radical (unpaired) electrons. The van der Waals surface area contributed by atoms with Crippen molar-refractivity contribution in [3.8, 4) is 11.5 Å². The molecular formula is C16H9BrF16O2. The topological polar surface area (TPSA) is 18.5 Å². The van der Waals surface area contributed by atoms with E-state index in [9.17, 15) is 70.2 Å². The van der Waals surface area contributed by atoms with E-state index in [4.69, 9.17) is 0 Å². The van der Waals surface area contributed by atoms with Crippen LogP contribution in [0.2, 0.25) is 0 Å². The van der Waals surface area contributed by atoms with Crippen LogP contribution in [0.1, 0.15) is 12.8 Å². The fourth-order valence-electron chi connectivity index (χ4n) is 2.11. The first kappa shape index (κ1) is 31.2. The molecule has 0 bridgehead atoms. The van der Waals surface area contributed by atoms with E-state index in [1.807, 2.05) is 0 Å². The third kappa shape index (κ3) is 8.09. The molecule has 0 aliphatic carbocycles. The van der Waals surface area contributed by atoms with Gasteiger partial charge >= 0.3 is 36.4 Å². The molecule has 1 aromatic carbocycles. The van der Waals surface area contributed by atoms with E-state index in [0.29, 0.717) is 0 Å². The van der Waals surface area contributed by atoms with Gasteiger partial charge in [-0.15, -0.1) is 0 Å². The van der Waals surface area contributed by atoms with Crippen LogP contribution in [0.5, 0.6) is 11.5 Å². The number of ether oxygens (including phenoxy) is 2. The summed E-state index contributed by atoms with van der Waals surface area (Å²) >= 11 is 2.40. The summed E-state index contributed by atoms with van der Waals surface area (Å²) < 4.78 is 214. The van der Waals surface area contributed by atoms with E-state index in [-0.39, 0.29) is 18.2 Å². The molecule has 19 heteroatoms. The second-order valence-corrected chi connectivity index (χ2v) is 7.60. The number of alkyl halides is 16. The summed E-state index contributed by atoms with van der Waals surface area (Å²) in [6, 6.07) is 0.226. The van der Waals surface area contributed by atoms with Crippen LogP contribution in [0, 0.1) is 0 Å². The zero-order chi connectivity index (χ0) is 27.8. The normalized spacial score (nSPS) is 16.1. The van der Waals surface area contributed by atoms with E-state index < -0.39 is 77.6 Å². The summed E-state index contributed by atoms with van der Waals surface area (Å²) in [4.78, 5) is 0. The van der Waals surface area contributed by atoms with Gasteiger partial charge in [0.05, 0.1) is 12.8 Å². The monoisotopic (exact) mass is 616 g/mol. The molecule has 0 aromatic heterocycles. The van der Waals surface area contributed by atoms with Gasteiger partial charge in [0.1, 0.15) is 11.5 Å². The van der Waals surface area contributed by atoms with Gasteiger partial charge in [-0.05, 0) is 12.1 Å². The molecule has 2 atom stereocenters. The van der Waals surface area contributed by atoms with E-state index >= 15 is 0 Å². The number of rotatable bonds is 10. The SMILES string of the molecule is FC(CC(F)(F)F)C(F)(F)C(F)(F)Oc1cc(Br)cc(OC(F)(F)C(F)(F)C(F)CC(F)(F)F)c1. The first-order valence-corrected chi connectivity index (χ1v) is 9.21. The molecule has 0 aliphatic rings. The minimum atomic E-state index is -6.16. The van der Waals surface area contributed by atoms with Crippen LogP contribution in [-0.4, -0.2) is 48.8 Å². The number of hydrogen-bond acceptors (Lipinski definition) is 2. The highest BCUT2D eigenvalue weighted by atomic mass is 79.9. The maximum absolute atomic E-state index is 13.7. The second-order valence-electron chi connectivity index (χ2n) is 6.68. The lowest BCUT2D eigenvalue weighted by Crippen LogP contribution is -2.53. The number of benzene rings is 1. The van der Waals surface area contributed by atoms with E-state index in [1.54, 1.807) is 0 Å². The maximum atomic E-state index is 13.7. The summed E-state index contributed by atoms with van der Waals surface area (Å²) in [5, 5.41) is 0. The van der Waals surface area contributed by atoms with E-state index in [1.165, 1.54) is 0 Å². The predicted octanol–water partition coefficient (Wildman–Crippen LogP) is 8.24. The fourth-order valence-corrected chi connectivity index (χ4v) is 2.57. The summed E-state index contributed by atoms with van der Waals surface area (Å²) in [5.74, 6) is -15.7. The lowest BCUT2D eigenvalue weighted by molar-refractivity contribution is -0.335. The number of halogens is 17. The fraction of sp³-hybridized carbons (Fsp3) is 0.625. The van der Waals surface area contributed by atoms with Crippen LogP contribution in [0.4, 0.5) is 70.2 Å². The quantitative estimate of drug-likeness (QED) is 0.247. The molecule has 1 aromatic rings. The Bertz CT molecular complexity index is 800. The van der Waals surface area contributed by atoms with Crippen LogP contribution >= 0.6 is 15.9 Å². The van der Waals surface area contributed by atoms with Crippen molar-refractivity contribution >= 4 is 15.9 Å². The van der Waals surface area contributed by atoms with Crippen molar-refractivity contribution in [2.45, 2.75) is 61.6 Å². The molecule has 2 nitrogen and oxygen atoms in total. The smallest absolute Gasteiger partial charge is 0.428 e. The van der Waals surface area contributed by atoms with Crippen molar-refractivity contribution in [1.82, 2.24) is 0 Å². The molecule has 1 rings (SSSR count). The van der Waals surface area contributed by atoms with Crippen LogP contribution in [-0.2, 0) is 0 Å². The Kier molecular flexibility index (Phi) is 8.84. The molecule has 0 fully saturated rings. The van der Waals surface area contributed by atoms with E-state index in [0.717, 1.165) is 0 Å². The van der Waals surface area contributed by atoms with E-state index in [2.05, 4.69) is 25.4 Å². The Balaban J connectivity index is 3.20. The molecule has 0 heterocycles. The molecule has 2 unspecified atom stereocenters. The average molecular weight is 617 g/mol. The Hall–Kier alpha value is -1.82. The van der Waals surface area contributed by atoms with Crippen molar-refractivity contribution in [2.75, 3.05) is 0 Å². The maximum Gasteiger partial charge on any atom is 0.467 e. The molecule has 0 saturated carbocycles. The largest absolute Gasteiger partial charge is 0.467 e. The molecule has 35 heavy (non-hydrogen) atoms. The molecule has 204 valence electrons. The third-order valence-corrected chi connectivity index (χ3v) is 4.18. The minimum absolute atomic E-state index is 0.242. The first-order valence-electron chi connectivity index (χ1n) is 8.42. The highest BCUT2D eigenvalue weighted by Crippen LogP contribution is 2.46. The molecular weight excluding hydrogens is 608 g/mol. The van der Waals surface area contributed by atoms with Crippen LogP contribution < -0.4 is 9.47 Å². The standard InChI is InChI=1S/C16H9BrF16O2/c17-6-1-7(34-15(30,31)13(26,27)9(18)4-11(20,21)22)3-8(2-6)35-16(32,33)14(28,29)10(19)5-12(23,24)25/h1-3,9-10H,4-5H2. The Labute approximate surface area is 192 Å². The Morgan fingerprint density at radius 2 is 0.857 bits per heavy atom. The van der Waals surface area contributed by atoms with Crippen LogP contribution in [0.25, 0.3) is 0 Å². The zero-order valence-electron chi connectivity index (χ0n) is 16.0. The molecule has 0 aliphatic heterocycles. The molecule has 0 amide bonds. The van der Waals surface area contributed by atoms with Gasteiger partial charge in [0.2, 0.25) is 0 Å². The van der Waals surface area contributed by atoms with Crippen molar-refractivity contribution in [2.24, 2.45) is 0 Å². The lowest BCUT2D eigenvalue weighted by atomic mass is 10.1. The van der Waals surface area contributed by atoms with Gasteiger partial charge in [-0.3, -0.25) is 0 Å². The van der Waals surface area contributed by atoms with Gasteiger partial charge in [0.15, 0.2) is 12.3 Å². The predicted molar refractivity (Wildman–Crippen MR) is 86.3 cm³/mol. The Morgan fingerprint density at radius 1 is 0.571 bits per heavy atom. The highest BCUT2D eigenvalue weighted by molar-refractivity contribution is 9.10. The van der Waals surface area contributed by atoms with Crippen molar-refractivity contribution < 1.29 is 79.7 Å². The van der Waals surface area contributed by atoms with Crippen molar-refractivity contribution in [3.05, 3.63) is 22.7 Å². The van der Waals surface area contributed by atoms with Gasteiger partial charge in [0.25, 0.3) is 0 Å². The Morgan fingerprint density at radius 3 is 1.11 bits per heavy atom. The number of hydrogen-bond donors (Lipinski definition) is 0. The third-order valence-electron chi connectivity index (χ3n) is 3.72. The molecule has 0 saturated heterocycles. The minimum Gasteiger partial charge on any atom is -0.428 e. The lowest BCUT2D eigenvalue weighted by Gasteiger charge is -2.30. The van der Waals surface area contributed by atoms with Crippen LogP contribution in [0.15, 0.2) is 22.7 Å². The summed E-state index contributed by atoms with van der Waals surface area (Å²) in [5.41, 5.74) is 0. The van der Waals surface area contributed by atoms with Gasteiger partial charge in [0, 0.05) is 10.5 Å². The van der Waals surface area contributed by atoms with Gasteiger partial charge in [-0.25, -0.2) is 8.78 Å². The van der Waals surface area contributed by atoms with Gasteiger partial charge in [-0.2, -0.15) is 61.5 Å². The van der Waals surface area contributed by atoms with Crippen molar-refractivity contribution in [1.29, 1.82) is 0 Å². The highest BCUT2D eigenvalue weighted by Gasteiger charge is 2.67. The summed E-state index contributed by atoms with van der Waals surface area (Å²) in [7, 11) is 0. The summed E-state index contributed by atoms with van der Waals surface area (Å²) in [6.45, 7) is 0. The average Bonchev–Trinajstić information content (AvgIpc) is 2.56. The first-order chi connectivity index (χ1) is 15.3. The van der Waals surface area contributed by atoms with Gasteiger partial charge < -0.3 is 9.47 Å². The second kappa shape index (κ2) is 9.91. The molecule has 0 N–H and O–H groups in total. The molecule has 0 spiro atoms. The van der Waals surface area contributed by atoms with Crippen molar-refractivity contribution in [3.63, 3.8) is 0 Å². The van der Waals surface area contributed by atoms with Gasteiger partial charge in [-0.1, -0.05) is 15.9 Å².